The Morgan fingerprint density at radius 1 is 1.00 bits per heavy atom. The summed E-state index contributed by atoms with van der Waals surface area (Å²) in [6.07, 6.45) is 8.94. The maximum absolute atomic E-state index is 11.3. The van der Waals surface area contributed by atoms with Crippen molar-refractivity contribution in [3.05, 3.63) is 95.6 Å². The van der Waals surface area contributed by atoms with Gasteiger partial charge in [0.25, 0.3) is 5.91 Å². The normalized spacial score (nSPS) is 10.9. The molecule has 0 saturated carbocycles. The van der Waals surface area contributed by atoms with E-state index in [1.807, 2.05) is 58.1 Å². The topological polar surface area (TPSA) is 83.4 Å². The van der Waals surface area contributed by atoms with Crippen LogP contribution in [-0.2, 0) is 13.1 Å². The Hall–Kier alpha value is -3.54. The summed E-state index contributed by atoms with van der Waals surface area (Å²) in [6, 6.07) is 15.6. The van der Waals surface area contributed by atoms with Crippen LogP contribution in [0.4, 0.5) is 0 Å². The van der Waals surface area contributed by atoms with Gasteiger partial charge in [0.05, 0.1) is 11.8 Å². The molecule has 6 nitrogen and oxygen atoms in total. The number of amides is 1. The van der Waals surface area contributed by atoms with Crippen molar-refractivity contribution in [2.24, 2.45) is 10.9 Å². The average Bonchev–Trinajstić information content (AvgIpc) is 2.63. The summed E-state index contributed by atoms with van der Waals surface area (Å²) in [5.74, 6) is -0.434. The molecule has 0 bridgehead atoms. The molecule has 0 spiro atoms. The van der Waals surface area contributed by atoms with Crippen molar-refractivity contribution in [2.45, 2.75) is 13.1 Å². The molecule has 0 aliphatic heterocycles. The summed E-state index contributed by atoms with van der Waals surface area (Å²) in [7, 11) is 0. The fourth-order valence-corrected chi connectivity index (χ4v) is 2.80. The number of oxime groups is 1. The third-order valence-corrected chi connectivity index (χ3v) is 3.95. The van der Waals surface area contributed by atoms with Gasteiger partial charge < -0.3 is 10.9 Å². The number of hydrogen-bond acceptors (Lipinski definition) is 3. The minimum atomic E-state index is -0.434. The van der Waals surface area contributed by atoms with Gasteiger partial charge in [0.15, 0.2) is 37.9 Å². The van der Waals surface area contributed by atoms with E-state index in [9.17, 15) is 4.79 Å². The number of benzene rings is 1. The van der Waals surface area contributed by atoms with Crippen LogP contribution in [-0.4, -0.2) is 17.3 Å². The number of nitrogens with two attached hydrogens (primary N) is 1. The van der Waals surface area contributed by atoms with Gasteiger partial charge in [-0.1, -0.05) is 23.4 Å². The molecule has 0 aliphatic carbocycles. The highest BCUT2D eigenvalue weighted by Crippen LogP contribution is 2.06. The molecule has 0 unspecified atom stereocenters. The van der Waals surface area contributed by atoms with E-state index in [2.05, 4.69) is 17.3 Å². The Labute approximate surface area is 151 Å². The van der Waals surface area contributed by atoms with Gasteiger partial charge in [-0.2, -0.15) is 4.57 Å². The van der Waals surface area contributed by atoms with E-state index in [-0.39, 0.29) is 0 Å². The minimum Gasteiger partial charge on any atom is -0.411 e. The molecule has 6 heteroatoms. The fourth-order valence-electron chi connectivity index (χ4n) is 2.80. The lowest BCUT2D eigenvalue weighted by molar-refractivity contribution is -0.689. The average molecular weight is 348 g/mol. The van der Waals surface area contributed by atoms with Crippen molar-refractivity contribution in [2.75, 3.05) is 0 Å². The van der Waals surface area contributed by atoms with Gasteiger partial charge in [0.2, 0.25) is 0 Å². The largest absolute Gasteiger partial charge is 0.411 e. The second kappa shape index (κ2) is 8.02. The number of primary amides is 1. The molecule has 0 atom stereocenters. The molecular weight excluding hydrogens is 328 g/mol. The maximum Gasteiger partial charge on any atom is 0.254 e. The van der Waals surface area contributed by atoms with Crippen LogP contribution < -0.4 is 14.9 Å². The van der Waals surface area contributed by atoms with Crippen LogP contribution in [0, 0.1) is 0 Å². The first-order chi connectivity index (χ1) is 12.6. The first-order valence-corrected chi connectivity index (χ1v) is 8.17. The molecule has 26 heavy (non-hydrogen) atoms. The zero-order chi connectivity index (χ0) is 18.4. The third kappa shape index (κ3) is 4.51. The molecule has 1 amide bonds. The van der Waals surface area contributed by atoms with Gasteiger partial charge in [0.1, 0.15) is 5.56 Å². The highest BCUT2D eigenvalue weighted by Gasteiger charge is 2.10. The number of rotatable bonds is 6. The predicted octanol–water partition coefficient (Wildman–Crippen LogP) is 1.27. The van der Waals surface area contributed by atoms with Gasteiger partial charge in [0, 0.05) is 23.3 Å². The summed E-state index contributed by atoms with van der Waals surface area (Å²) in [5, 5.41) is 11.7. The lowest BCUT2D eigenvalue weighted by Crippen LogP contribution is -2.35. The van der Waals surface area contributed by atoms with Gasteiger partial charge >= 0.3 is 0 Å². The van der Waals surface area contributed by atoms with Crippen LogP contribution in [0.25, 0.3) is 0 Å². The Morgan fingerprint density at radius 2 is 1.65 bits per heavy atom. The summed E-state index contributed by atoms with van der Waals surface area (Å²) < 4.78 is 3.96. The second-order valence-electron chi connectivity index (χ2n) is 6.00. The van der Waals surface area contributed by atoms with Gasteiger partial charge in [-0.15, -0.1) is 0 Å². The Morgan fingerprint density at radius 3 is 2.31 bits per heavy atom. The molecule has 2 heterocycles. The van der Waals surface area contributed by atoms with Crippen LogP contribution in [0.2, 0.25) is 0 Å². The number of aromatic nitrogens is 2. The standard InChI is InChI=1S/C20H18N4O2/c21-20(25)19-7-3-9-24(15-19)13-17-5-1-4-16(10-17)12-23-8-2-6-18(14-23)11-22-26/h1-11,14-15H,12-13H2,(H-2,21,25,26)/p+2/b22-11+. The van der Waals surface area contributed by atoms with E-state index >= 15 is 0 Å². The zero-order valence-corrected chi connectivity index (χ0v) is 14.2. The first kappa shape index (κ1) is 17.3. The maximum atomic E-state index is 11.3. The molecule has 1 aromatic carbocycles. The Balaban J connectivity index is 1.77. The van der Waals surface area contributed by atoms with Crippen molar-refractivity contribution < 1.29 is 19.1 Å². The fraction of sp³-hybridized carbons (Fsp3) is 0.100. The molecule has 2 aromatic heterocycles. The van der Waals surface area contributed by atoms with Crippen LogP contribution in [0.5, 0.6) is 0 Å². The van der Waals surface area contributed by atoms with Crippen molar-refractivity contribution in [3.63, 3.8) is 0 Å². The van der Waals surface area contributed by atoms with Crippen LogP contribution in [0.15, 0.2) is 78.5 Å². The number of carbonyl (C=O) groups is 1. The SMILES string of the molecule is NC(=O)c1ccc[n+](Cc2cccc(C[n+]3cccc(/C=N/O)c3)c2)c1. The van der Waals surface area contributed by atoms with E-state index in [0.717, 1.165) is 16.7 Å². The second-order valence-corrected chi connectivity index (χ2v) is 6.00. The summed E-state index contributed by atoms with van der Waals surface area (Å²) in [5.41, 5.74) is 8.93. The van der Waals surface area contributed by atoms with Crippen molar-refractivity contribution >= 4 is 12.1 Å². The number of nitrogens with zero attached hydrogens (tertiary/aromatic N) is 3. The Kier molecular flexibility index (Phi) is 5.34. The predicted molar refractivity (Wildman–Crippen MR) is 95.8 cm³/mol. The van der Waals surface area contributed by atoms with E-state index in [0.29, 0.717) is 18.7 Å². The molecule has 130 valence electrons. The quantitative estimate of drug-likeness (QED) is 0.304. The highest BCUT2D eigenvalue weighted by molar-refractivity contribution is 5.92. The van der Waals surface area contributed by atoms with Crippen LogP contribution in [0.3, 0.4) is 0 Å². The third-order valence-electron chi connectivity index (χ3n) is 3.95. The molecule has 0 saturated heterocycles. The number of pyridine rings is 2. The molecule has 3 aromatic rings. The van der Waals surface area contributed by atoms with Crippen molar-refractivity contribution in [1.82, 2.24) is 0 Å². The Bertz CT molecular complexity index is 954. The van der Waals surface area contributed by atoms with Gasteiger partial charge in [-0.3, -0.25) is 4.79 Å². The minimum absolute atomic E-state index is 0.434. The summed E-state index contributed by atoms with van der Waals surface area (Å²) >= 11 is 0. The van der Waals surface area contributed by atoms with Crippen LogP contribution in [0.1, 0.15) is 27.0 Å². The van der Waals surface area contributed by atoms with Gasteiger partial charge in [-0.05, 0) is 18.2 Å². The van der Waals surface area contributed by atoms with Crippen molar-refractivity contribution in [1.29, 1.82) is 0 Å². The summed E-state index contributed by atoms with van der Waals surface area (Å²) in [6.45, 7) is 1.35. The molecule has 3 rings (SSSR count). The highest BCUT2D eigenvalue weighted by atomic mass is 16.4. The van der Waals surface area contributed by atoms with E-state index in [1.54, 1.807) is 12.3 Å². The lowest BCUT2D eigenvalue weighted by Gasteiger charge is -2.03. The molecule has 0 radical (unpaired) electrons. The molecule has 3 N–H and O–H groups in total. The van der Waals surface area contributed by atoms with E-state index in [4.69, 9.17) is 10.9 Å². The van der Waals surface area contributed by atoms with Gasteiger partial charge in [-0.25, -0.2) is 4.57 Å². The number of hydrogen-bond donors (Lipinski definition) is 2. The van der Waals surface area contributed by atoms with Crippen LogP contribution >= 0.6 is 0 Å². The van der Waals surface area contributed by atoms with Crippen molar-refractivity contribution in [3.8, 4) is 0 Å². The first-order valence-electron chi connectivity index (χ1n) is 8.17. The molecule has 0 fully saturated rings. The monoisotopic (exact) mass is 348 g/mol. The van der Waals surface area contributed by atoms with E-state index in [1.165, 1.54) is 6.21 Å². The smallest absolute Gasteiger partial charge is 0.254 e. The number of carbonyl (C=O) groups excluding carboxylic acids is 1. The zero-order valence-electron chi connectivity index (χ0n) is 14.2. The van der Waals surface area contributed by atoms with E-state index < -0.39 is 5.91 Å². The lowest BCUT2D eigenvalue weighted by atomic mass is 10.1. The molecule has 0 aliphatic rings. The molecular formula is C20H20N4O2+2. The summed E-state index contributed by atoms with van der Waals surface area (Å²) in [4.78, 5) is 11.3.